The van der Waals surface area contributed by atoms with Crippen molar-refractivity contribution >= 4 is 51.8 Å². The van der Waals surface area contributed by atoms with Crippen LogP contribution in [0.1, 0.15) is 6.42 Å². The molecule has 0 aromatic heterocycles. The Labute approximate surface area is 145 Å². The average Bonchev–Trinajstić information content (AvgIpc) is 2.57. The van der Waals surface area contributed by atoms with Gasteiger partial charge in [-0.25, -0.2) is 0 Å². The first-order valence-corrected chi connectivity index (χ1v) is 10.1. The van der Waals surface area contributed by atoms with Gasteiger partial charge >= 0.3 is 146 Å². The molecule has 0 atom stereocenters. The molecule has 0 saturated carbocycles. The molecule has 0 spiro atoms. The Morgan fingerprint density at radius 1 is 0.955 bits per heavy atom. The number of hydrogen-bond donors (Lipinski definition) is 0. The molecule has 2 aromatic carbocycles. The third kappa shape index (κ3) is 4.08. The first-order chi connectivity index (χ1) is 10.8. The molecule has 0 bridgehead atoms. The van der Waals surface area contributed by atoms with E-state index in [9.17, 15) is 0 Å². The molecule has 22 heavy (non-hydrogen) atoms. The molecule has 1 saturated heterocycles. The van der Waals surface area contributed by atoms with Crippen molar-refractivity contribution in [2.24, 2.45) is 9.98 Å². The quantitative estimate of drug-likeness (QED) is 0.416. The summed E-state index contributed by atoms with van der Waals surface area (Å²) in [6.45, 7) is 0.978. The second kappa shape index (κ2) is 7.75. The fraction of sp³-hybridized carbons (Fsp3) is 0.176. The Morgan fingerprint density at radius 3 is 2.27 bits per heavy atom. The summed E-state index contributed by atoms with van der Waals surface area (Å²) in [7, 11) is 0. The van der Waals surface area contributed by atoms with Gasteiger partial charge in [0.25, 0.3) is 0 Å². The predicted molar refractivity (Wildman–Crippen MR) is 94.7 cm³/mol. The molecular weight excluding hydrogens is 404 g/mol. The summed E-state index contributed by atoms with van der Waals surface area (Å²) in [4.78, 5) is 11.7. The Kier molecular flexibility index (Phi) is 5.47. The third-order valence-electron chi connectivity index (χ3n) is 3.18. The van der Waals surface area contributed by atoms with Gasteiger partial charge in [0.05, 0.1) is 0 Å². The van der Waals surface area contributed by atoms with Crippen LogP contribution in [0.15, 0.2) is 70.6 Å². The van der Waals surface area contributed by atoms with Gasteiger partial charge in [-0.05, 0) is 0 Å². The first-order valence-electron chi connectivity index (χ1n) is 7.18. The molecule has 3 rings (SSSR count). The number of rotatable bonds is 2. The minimum absolute atomic E-state index is 0.398. The van der Waals surface area contributed by atoms with E-state index >= 15 is 0 Å². The van der Waals surface area contributed by atoms with Crippen LogP contribution in [0.3, 0.4) is 0 Å². The van der Waals surface area contributed by atoms with Gasteiger partial charge in [-0.2, -0.15) is 0 Å². The zero-order chi connectivity index (χ0) is 15.2. The topological polar surface area (TPSA) is 28.0 Å². The Morgan fingerprint density at radius 2 is 1.59 bits per heavy atom. The third-order valence-corrected chi connectivity index (χ3v) is 6.06. The van der Waals surface area contributed by atoms with E-state index in [0.29, 0.717) is 15.0 Å². The van der Waals surface area contributed by atoms with Crippen LogP contribution < -0.4 is 0 Å². The number of aliphatic imine (C=N–C) groups is 2. The maximum atomic E-state index is 4.83. The summed E-state index contributed by atoms with van der Waals surface area (Å²) in [6, 6.07) is 20.2. The molecule has 0 N–H and O–H groups in total. The van der Waals surface area contributed by atoms with Gasteiger partial charge in [0.15, 0.2) is 0 Å². The normalized spacial score (nSPS) is 17.7. The fourth-order valence-electron chi connectivity index (χ4n) is 2.12. The molecule has 5 heteroatoms. The van der Waals surface area contributed by atoms with Crippen molar-refractivity contribution < 1.29 is 0 Å². The number of benzene rings is 2. The van der Waals surface area contributed by atoms with Crippen molar-refractivity contribution in [3.8, 4) is 0 Å². The standard InChI is InChI=1S/C17H16N3Se2/c21-16(18-14-8-3-1-4-9-14)20-12-7-13-22-17(20)19-15-10-5-2-6-11-15/h1-6,8-11H,7,12-13H2. The molecule has 0 amide bonds. The van der Waals surface area contributed by atoms with E-state index in [2.05, 4.69) is 20.9 Å². The van der Waals surface area contributed by atoms with Gasteiger partial charge in [0.2, 0.25) is 0 Å². The van der Waals surface area contributed by atoms with E-state index in [0.717, 1.165) is 27.4 Å². The van der Waals surface area contributed by atoms with Crippen molar-refractivity contribution in [1.29, 1.82) is 0 Å². The number of amidine groups is 2. The van der Waals surface area contributed by atoms with Crippen LogP contribution in [0.2, 0.25) is 5.32 Å². The van der Waals surface area contributed by atoms with Crippen LogP contribution in [0.4, 0.5) is 11.4 Å². The molecule has 111 valence electrons. The van der Waals surface area contributed by atoms with E-state index in [-0.39, 0.29) is 0 Å². The molecule has 1 radical (unpaired) electrons. The summed E-state index contributed by atoms with van der Waals surface area (Å²) in [5.41, 5.74) is 1.98. The van der Waals surface area contributed by atoms with Crippen LogP contribution in [0.5, 0.6) is 0 Å². The van der Waals surface area contributed by atoms with Crippen molar-refractivity contribution in [3.05, 3.63) is 60.7 Å². The first kappa shape index (κ1) is 15.5. The van der Waals surface area contributed by atoms with Gasteiger partial charge in [-0.1, -0.05) is 0 Å². The van der Waals surface area contributed by atoms with Crippen LogP contribution in [0, 0.1) is 0 Å². The molecule has 1 aliphatic rings. The second-order valence-electron chi connectivity index (χ2n) is 4.81. The summed E-state index contributed by atoms with van der Waals surface area (Å²) >= 11 is 3.51. The summed E-state index contributed by atoms with van der Waals surface area (Å²) in [5, 5.41) is 1.24. The van der Waals surface area contributed by atoms with E-state index in [4.69, 9.17) is 9.98 Å². The van der Waals surface area contributed by atoms with Gasteiger partial charge < -0.3 is 0 Å². The van der Waals surface area contributed by atoms with Crippen molar-refractivity contribution in [2.75, 3.05) is 6.54 Å². The van der Waals surface area contributed by atoms with Gasteiger partial charge in [-0.3, -0.25) is 0 Å². The van der Waals surface area contributed by atoms with Crippen molar-refractivity contribution in [1.82, 2.24) is 4.90 Å². The molecule has 0 aliphatic carbocycles. The maximum absolute atomic E-state index is 4.83. The molecule has 1 fully saturated rings. The molecule has 2 aromatic rings. The van der Waals surface area contributed by atoms with E-state index in [1.54, 1.807) is 0 Å². The van der Waals surface area contributed by atoms with Crippen LogP contribution >= 0.6 is 0 Å². The Hall–Kier alpha value is -1.38. The fourth-order valence-corrected chi connectivity index (χ4v) is 5.02. The van der Waals surface area contributed by atoms with Gasteiger partial charge in [0.1, 0.15) is 0 Å². The zero-order valence-electron chi connectivity index (χ0n) is 12.1. The van der Waals surface area contributed by atoms with Gasteiger partial charge in [0, 0.05) is 0 Å². The van der Waals surface area contributed by atoms with Crippen LogP contribution in [-0.4, -0.2) is 51.9 Å². The molecule has 3 nitrogen and oxygen atoms in total. The molecule has 0 unspecified atom stereocenters. The SMILES string of the molecule is [Se]C(=Nc1ccccc1)N1CCC[Se]C1=Nc1ccccc1. The average molecular weight is 420 g/mol. The molecule has 1 heterocycles. The Balaban J connectivity index is 1.86. The van der Waals surface area contributed by atoms with Crippen molar-refractivity contribution in [3.63, 3.8) is 0 Å². The summed E-state index contributed by atoms with van der Waals surface area (Å²) < 4.78 is 2.06. The van der Waals surface area contributed by atoms with Gasteiger partial charge in [-0.15, -0.1) is 0 Å². The van der Waals surface area contributed by atoms with E-state index in [1.165, 1.54) is 11.7 Å². The molecular formula is C17H16N3Se2. The van der Waals surface area contributed by atoms with Crippen LogP contribution in [0.25, 0.3) is 0 Å². The number of hydrogen-bond acceptors (Lipinski definition) is 2. The monoisotopic (exact) mass is 422 g/mol. The minimum atomic E-state index is 0.398. The summed E-state index contributed by atoms with van der Waals surface area (Å²) in [6.07, 6.45) is 1.20. The summed E-state index contributed by atoms with van der Waals surface area (Å²) in [5.74, 6) is 0. The number of para-hydroxylation sites is 2. The van der Waals surface area contributed by atoms with Crippen molar-refractivity contribution in [2.45, 2.75) is 11.7 Å². The number of nitrogens with zero attached hydrogens (tertiary/aromatic N) is 3. The second-order valence-corrected chi connectivity index (χ2v) is 7.81. The Bertz CT molecular complexity index is 669. The predicted octanol–water partition coefficient (Wildman–Crippen LogP) is 3.36. The van der Waals surface area contributed by atoms with E-state index in [1.807, 2.05) is 60.7 Å². The molecule has 1 aliphatic heterocycles. The zero-order valence-corrected chi connectivity index (χ0v) is 15.5. The van der Waals surface area contributed by atoms with E-state index < -0.39 is 0 Å². The van der Waals surface area contributed by atoms with Crippen LogP contribution in [-0.2, 0) is 0 Å².